The molecule has 1 unspecified atom stereocenters. The molecule has 0 aliphatic heterocycles. The van der Waals surface area contributed by atoms with E-state index in [0.29, 0.717) is 19.3 Å². The molecule has 0 aromatic carbocycles. The highest BCUT2D eigenvalue weighted by atomic mass is 16.6. The first kappa shape index (κ1) is 78.4. The Morgan fingerprint density at radius 3 is 0.500 bits per heavy atom. The molecule has 0 spiro atoms. The van der Waals surface area contributed by atoms with Gasteiger partial charge in [0.25, 0.3) is 0 Å². The molecule has 0 aromatic rings. The molecular formula is C74H144O6. The zero-order valence-electron chi connectivity index (χ0n) is 54.9. The van der Waals surface area contributed by atoms with Crippen molar-refractivity contribution in [3.05, 3.63) is 0 Å². The number of carbonyl (C=O) groups excluding carboxylic acids is 3. The van der Waals surface area contributed by atoms with Crippen molar-refractivity contribution in [1.82, 2.24) is 0 Å². The molecule has 80 heavy (non-hydrogen) atoms. The third-order valence-corrected chi connectivity index (χ3v) is 17.4. The van der Waals surface area contributed by atoms with Crippen LogP contribution in [0.4, 0.5) is 0 Å². The standard InChI is InChI=1S/C74H144O6/c1-4-7-10-13-16-19-22-25-28-31-33-35-37-39-41-43-46-49-52-55-58-61-64-67-73(76)79-70-71(69-78-72(75)66-63-60-57-54-51-48-45-30-27-24-21-18-15-12-9-6-3)80-74(77)68-65-62-59-56-53-50-47-44-42-40-38-36-34-32-29-26-23-20-17-14-11-8-5-2/h71H,4-70H2,1-3H3. The number of carbonyl (C=O) groups is 3. The van der Waals surface area contributed by atoms with Crippen LogP contribution in [0.1, 0.15) is 438 Å². The summed E-state index contributed by atoms with van der Waals surface area (Å²) in [6.07, 6.45) is 82.8. The fraction of sp³-hybridized carbons (Fsp3) is 0.959. The molecule has 0 aliphatic rings. The summed E-state index contributed by atoms with van der Waals surface area (Å²) in [6, 6.07) is 0. The predicted molar refractivity (Wildman–Crippen MR) is 349 cm³/mol. The summed E-state index contributed by atoms with van der Waals surface area (Å²) in [4.78, 5) is 38.5. The zero-order valence-corrected chi connectivity index (χ0v) is 54.9. The summed E-state index contributed by atoms with van der Waals surface area (Å²) in [6.45, 7) is 6.76. The summed E-state index contributed by atoms with van der Waals surface area (Å²) < 4.78 is 17.0. The van der Waals surface area contributed by atoms with Gasteiger partial charge in [0, 0.05) is 19.3 Å². The van der Waals surface area contributed by atoms with Gasteiger partial charge in [-0.05, 0) is 19.3 Å². The summed E-state index contributed by atoms with van der Waals surface area (Å²) in [7, 11) is 0. The van der Waals surface area contributed by atoms with Crippen molar-refractivity contribution in [2.75, 3.05) is 13.2 Å². The lowest BCUT2D eigenvalue weighted by molar-refractivity contribution is -0.167. The van der Waals surface area contributed by atoms with Crippen molar-refractivity contribution in [3.63, 3.8) is 0 Å². The van der Waals surface area contributed by atoms with Crippen LogP contribution in [0.5, 0.6) is 0 Å². The van der Waals surface area contributed by atoms with Crippen LogP contribution in [-0.2, 0) is 28.6 Å². The van der Waals surface area contributed by atoms with Crippen molar-refractivity contribution in [2.45, 2.75) is 444 Å². The van der Waals surface area contributed by atoms with Gasteiger partial charge in [-0.2, -0.15) is 0 Å². The molecule has 0 saturated carbocycles. The van der Waals surface area contributed by atoms with Gasteiger partial charge in [0.15, 0.2) is 6.10 Å². The smallest absolute Gasteiger partial charge is 0.306 e. The van der Waals surface area contributed by atoms with Crippen LogP contribution in [0.15, 0.2) is 0 Å². The van der Waals surface area contributed by atoms with Crippen LogP contribution >= 0.6 is 0 Å². The lowest BCUT2D eigenvalue weighted by atomic mass is 10.0. The Bertz CT molecular complexity index is 1200. The van der Waals surface area contributed by atoms with E-state index in [9.17, 15) is 14.4 Å². The Morgan fingerprint density at radius 2 is 0.338 bits per heavy atom. The molecule has 0 rings (SSSR count). The van der Waals surface area contributed by atoms with Crippen molar-refractivity contribution in [2.24, 2.45) is 0 Å². The largest absolute Gasteiger partial charge is 0.462 e. The number of rotatable bonds is 70. The number of ether oxygens (including phenoxy) is 3. The summed E-state index contributed by atoms with van der Waals surface area (Å²) >= 11 is 0. The van der Waals surface area contributed by atoms with Gasteiger partial charge < -0.3 is 14.2 Å². The predicted octanol–water partition coefficient (Wildman–Crippen LogP) is 25.4. The van der Waals surface area contributed by atoms with Gasteiger partial charge in [0.05, 0.1) is 0 Å². The maximum Gasteiger partial charge on any atom is 0.306 e. The van der Waals surface area contributed by atoms with Gasteiger partial charge in [-0.3, -0.25) is 14.4 Å². The minimum atomic E-state index is -0.764. The van der Waals surface area contributed by atoms with E-state index in [1.165, 1.54) is 340 Å². The topological polar surface area (TPSA) is 78.9 Å². The Kier molecular flexibility index (Phi) is 68.5. The van der Waals surface area contributed by atoms with Crippen molar-refractivity contribution < 1.29 is 28.6 Å². The summed E-state index contributed by atoms with van der Waals surface area (Å²) in [5.74, 6) is -0.815. The highest BCUT2D eigenvalue weighted by Gasteiger charge is 2.20. The molecule has 6 heteroatoms. The Hall–Kier alpha value is -1.59. The molecule has 0 heterocycles. The second-order valence-electron chi connectivity index (χ2n) is 25.6. The maximum atomic E-state index is 13.0. The average Bonchev–Trinajstić information content (AvgIpc) is 3.46. The van der Waals surface area contributed by atoms with E-state index in [0.717, 1.165) is 57.8 Å². The highest BCUT2D eigenvalue weighted by Crippen LogP contribution is 2.20. The van der Waals surface area contributed by atoms with Gasteiger partial charge in [0.2, 0.25) is 0 Å². The van der Waals surface area contributed by atoms with Gasteiger partial charge in [-0.25, -0.2) is 0 Å². The van der Waals surface area contributed by atoms with E-state index in [2.05, 4.69) is 20.8 Å². The van der Waals surface area contributed by atoms with Crippen molar-refractivity contribution >= 4 is 17.9 Å². The Labute approximate surface area is 501 Å². The van der Waals surface area contributed by atoms with Gasteiger partial charge >= 0.3 is 17.9 Å². The lowest BCUT2D eigenvalue weighted by Gasteiger charge is -2.18. The Balaban J connectivity index is 4.23. The molecule has 0 aliphatic carbocycles. The molecule has 0 saturated heterocycles. The molecule has 6 nitrogen and oxygen atoms in total. The van der Waals surface area contributed by atoms with E-state index in [1.54, 1.807) is 0 Å². The molecule has 0 fully saturated rings. The van der Waals surface area contributed by atoms with Crippen LogP contribution in [0.25, 0.3) is 0 Å². The molecule has 0 bridgehead atoms. The van der Waals surface area contributed by atoms with E-state index >= 15 is 0 Å². The second kappa shape index (κ2) is 69.9. The van der Waals surface area contributed by atoms with Gasteiger partial charge in [-0.1, -0.05) is 400 Å². The van der Waals surface area contributed by atoms with Crippen LogP contribution in [0.2, 0.25) is 0 Å². The average molecular weight is 1130 g/mol. The monoisotopic (exact) mass is 1130 g/mol. The number of esters is 3. The second-order valence-corrected chi connectivity index (χ2v) is 25.6. The third kappa shape index (κ3) is 67.2. The van der Waals surface area contributed by atoms with Crippen LogP contribution in [-0.4, -0.2) is 37.2 Å². The summed E-state index contributed by atoms with van der Waals surface area (Å²) in [5, 5.41) is 0. The van der Waals surface area contributed by atoms with E-state index in [-0.39, 0.29) is 31.1 Å². The fourth-order valence-corrected chi connectivity index (χ4v) is 11.8. The normalized spacial score (nSPS) is 11.9. The van der Waals surface area contributed by atoms with Gasteiger partial charge in [-0.15, -0.1) is 0 Å². The summed E-state index contributed by atoms with van der Waals surface area (Å²) in [5.41, 5.74) is 0. The van der Waals surface area contributed by atoms with E-state index in [1.807, 2.05) is 0 Å². The molecule has 0 radical (unpaired) electrons. The molecule has 0 amide bonds. The van der Waals surface area contributed by atoms with Crippen LogP contribution in [0.3, 0.4) is 0 Å². The Morgan fingerprint density at radius 1 is 0.200 bits per heavy atom. The fourth-order valence-electron chi connectivity index (χ4n) is 11.8. The van der Waals surface area contributed by atoms with Crippen LogP contribution < -0.4 is 0 Å². The first-order valence-corrected chi connectivity index (χ1v) is 37.0. The quantitative estimate of drug-likeness (QED) is 0.0343. The van der Waals surface area contributed by atoms with E-state index in [4.69, 9.17) is 14.2 Å². The number of unbranched alkanes of at least 4 members (excludes halogenated alkanes) is 59. The first-order valence-electron chi connectivity index (χ1n) is 37.0. The molecule has 476 valence electrons. The molecule has 1 atom stereocenters. The van der Waals surface area contributed by atoms with E-state index < -0.39 is 6.10 Å². The maximum absolute atomic E-state index is 13.0. The first-order chi connectivity index (χ1) is 39.5. The van der Waals surface area contributed by atoms with Gasteiger partial charge in [0.1, 0.15) is 13.2 Å². The highest BCUT2D eigenvalue weighted by molar-refractivity contribution is 5.71. The minimum Gasteiger partial charge on any atom is -0.462 e. The number of hydrogen-bond acceptors (Lipinski definition) is 6. The van der Waals surface area contributed by atoms with Crippen molar-refractivity contribution in [1.29, 1.82) is 0 Å². The molecule has 0 aromatic heterocycles. The SMILES string of the molecule is CCCCCCCCCCCCCCCCCCCCCCCCCC(=O)OCC(COC(=O)CCCCCCCCCCCCCCCCCC)OC(=O)CCCCCCCCCCCCCCCCCCCCCCCCC. The lowest BCUT2D eigenvalue weighted by Crippen LogP contribution is -2.30. The number of hydrogen-bond donors (Lipinski definition) is 0. The minimum absolute atomic E-state index is 0.0599. The van der Waals surface area contributed by atoms with Crippen molar-refractivity contribution in [3.8, 4) is 0 Å². The molecule has 0 N–H and O–H groups in total. The third-order valence-electron chi connectivity index (χ3n) is 17.4. The zero-order chi connectivity index (χ0) is 57.8. The van der Waals surface area contributed by atoms with Crippen LogP contribution in [0, 0.1) is 0 Å². The molecular weight excluding hydrogens is 985 g/mol.